The van der Waals surface area contributed by atoms with E-state index in [9.17, 15) is 41.7 Å². The molecule has 6 aliphatic heterocycles. The molecule has 0 saturated carbocycles. The number of aromatic nitrogens is 6. The maximum atomic E-state index is 13.0. The van der Waals surface area contributed by atoms with Gasteiger partial charge in [0.2, 0.25) is 0 Å². The molecule has 14 atom stereocenters. The second-order valence-corrected chi connectivity index (χ2v) is 39.2. The first-order valence-corrected chi connectivity index (χ1v) is 40.9. The van der Waals surface area contributed by atoms with Gasteiger partial charge in [-0.15, -0.1) is 0 Å². The van der Waals surface area contributed by atoms with Gasteiger partial charge < -0.3 is 79.1 Å². The molecule has 4 unspecified atom stereocenters. The number of hydrogen-bond acceptors (Lipinski definition) is 21. The van der Waals surface area contributed by atoms with Gasteiger partial charge in [-0.05, 0) is 122 Å². The number of alkyl halides is 6. The van der Waals surface area contributed by atoms with Crippen LogP contribution in [0.15, 0.2) is 111 Å². The lowest BCUT2D eigenvalue weighted by Crippen LogP contribution is -2.56. The third-order valence-electron chi connectivity index (χ3n) is 22.7. The molecule has 0 spiro atoms. The summed E-state index contributed by atoms with van der Waals surface area (Å²) in [4.78, 5) is 38.0. The summed E-state index contributed by atoms with van der Waals surface area (Å²) < 4.78 is 78.3. The lowest BCUT2D eigenvalue weighted by Gasteiger charge is -2.41. The van der Waals surface area contributed by atoms with Gasteiger partial charge in [0.1, 0.15) is 0 Å². The van der Waals surface area contributed by atoms with Crippen molar-refractivity contribution < 1.29 is 41.7 Å². The zero-order valence-corrected chi connectivity index (χ0v) is 72.5. The standard InChI is InChI=1S/2C15H22F3N3.3C15H25N3O.C13H21N3/c2*1-14(2,3)12-7-20-5-4-13(12)21-8-10(15(16,17)18)6-11(19)9-21;3*1-10-8-18(9-12(16)14(10)19)13-5-6-17-7-11(13)15(2,3)4;1-13(2,3)11-8-15-6-4-12(11)16-7-5-10(14)9-16/h2*4-5,7,10-11H,6,8-9,19H2,1-3H3;3*5-7,10,12,14,19H,8-9,16H2,1-4H3;4,6,8,10H,5,7,9,14H2,1-3H3/t2*10-,11+;2*10-,12+,14+;;/m1010../s1. The number of piperidine rings is 5. The normalized spacial score (nSPS) is 26.0. The lowest BCUT2D eigenvalue weighted by atomic mass is 9.85. The quantitative estimate of drug-likeness (QED) is 0.0700. The Bertz CT molecular complexity index is 3670. The molecule has 12 rings (SSSR count). The van der Waals surface area contributed by atoms with Crippen molar-refractivity contribution in [1.29, 1.82) is 0 Å². The minimum absolute atomic E-state index is 0.00403. The molecule has 27 heteroatoms. The molecule has 6 fully saturated rings. The van der Waals surface area contributed by atoms with E-state index in [-0.39, 0.29) is 94.3 Å². The van der Waals surface area contributed by atoms with E-state index in [0.717, 1.165) is 61.6 Å². The van der Waals surface area contributed by atoms with Gasteiger partial charge in [-0.1, -0.05) is 145 Å². The number of pyridine rings is 6. The van der Waals surface area contributed by atoms with E-state index in [1.54, 1.807) is 46.7 Å². The minimum atomic E-state index is -4.20. The van der Waals surface area contributed by atoms with Crippen LogP contribution in [0, 0.1) is 29.6 Å². The predicted molar refractivity (Wildman–Crippen MR) is 457 cm³/mol. The molecule has 642 valence electrons. The van der Waals surface area contributed by atoms with Crippen molar-refractivity contribution in [1.82, 2.24) is 29.9 Å². The first-order chi connectivity index (χ1) is 53.1. The highest BCUT2D eigenvalue weighted by Gasteiger charge is 2.47. The number of nitrogens with zero attached hydrogens (tertiary/aromatic N) is 12. The topological polar surface area (TPSA) is 314 Å². The summed E-state index contributed by atoms with van der Waals surface area (Å²) in [6.45, 7) is 52.1. The second-order valence-electron chi connectivity index (χ2n) is 39.2. The van der Waals surface area contributed by atoms with Gasteiger partial charge in [0.05, 0.1) is 30.1 Å². The molecule has 6 aromatic rings. The Labute approximate surface area is 682 Å². The average molecular weight is 1610 g/mol. The van der Waals surface area contributed by atoms with Crippen LogP contribution in [0.4, 0.5) is 60.5 Å². The summed E-state index contributed by atoms with van der Waals surface area (Å²) in [7, 11) is 0. The Kier molecular flexibility index (Phi) is 32.0. The smallest absolute Gasteiger partial charge is 0.391 e. The maximum absolute atomic E-state index is 13.0. The van der Waals surface area contributed by atoms with Gasteiger partial charge in [-0.25, -0.2) is 0 Å². The van der Waals surface area contributed by atoms with E-state index < -0.39 is 54.6 Å². The summed E-state index contributed by atoms with van der Waals surface area (Å²) in [6.07, 6.45) is 13.3. The molecule has 115 heavy (non-hydrogen) atoms. The molecule has 12 heterocycles. The lowest BCUT2D eigenvalue weighted by molar-refractivity contribution is -0.177. The minimum Gasteiger partial charge on any atom is -0.391 e. The summed E-state index contributed by atoms with van der Waals surface area (Å²) in [6, 6.07) is 10.7. The van der Waals surface area contributed by atoms with Crippen molar-refractivity contribution in [3.05, 3.63) is 144 Å². The van der Waals surface area contributed by atoms with Crippen molar-refractivity contribution in [2.45, 2.75) is 264 Å². The Balaban J connectivity index is 0.000000191. The van der Waals surface area contributed by atoms with Gasteiger partial charge in [0, 0.05) is 241 Å². The van der Waals surface area contributed by atoms with E-state index in [4.69, 9.17) is 34.4 Å². The summed E-state index contributed by atoms with van der Waals surface area (Å²) in [5, 5.41) is 29.9. The van der Waals surface area contributed by atoms with E-state index in [1.807, 2.05) is 91.1 Å². The first kappa shape index (κ1) is 95.1. The van der Waals surface area contributed by atoms with Crippen LogP contribution in [0.25, 0.3) is 0 Å². The monoisotopic (exact) mass is 1610 g/mol. The molecule has 0 radical (unpaired) electrons. The highest BCUT2D eigenvalue weighted by Crippen LogP contribution is 2.43. The summed E-state index contributed by atoms with van der Waals surface area (Å²) >= 11 is 0. The van der Waals surface area contributed by atoms with Crippen molar-refractivity contribution >= 4 is 34.1 Å². The van der Waals surface area contributed by atoms with Crippen molar-refractivity contribution in [3.63, 3.8) is 0 Å². The van der Waals surface area contributed by atoms with Crippen LogP contribution in [-0.2, 0) is 32.5 Å². The first-order valence-electron chi connectivity index (χ1n) is 40.9. The van der Waals surface area contributed by atoms with E-state index in [0.29, 0.717) is 38.8 Å². The Morgan fingerprint density at radius 2 is 0.496 bits per heavy atom. The molecular formula is C88H140F6N18O3. The number of aliphatic hydroxyl groups excluding tert-OH is 3. The van der Waals surface area contributed by atoms with E-state index in [2.05, 4.69) is 178 Å². The molecule has 0 bridgehead atoms. The average Bonchev–Trinajstić information content (AvgIpc) is 1.54. The molecule has 6 aromatic heterocycles. The van der Waals surface area contributed by atoms with E-state index in [1.165, 1.54) is 45.0 Å². The van der Waals surface area contributed by atoms with Crippen LogP contribution in [0.5, 0.6) is 0 Å². The molecule has 6 saturated heterocycles. The second kappa shape index (κ2) is 38.8. The number of anilines is 6. The SMILES string of the molecule is CC(C)(C)c1cnccc1N1CCC(N)C1.CC(C)(C)c1cnccc1N1C[C@@H](N)C[C@@H](C(F)(F)F)C1.CC(C)(C)c1cnccc1N1C[C@H](N)C[C@H](C(F)(F)F)C1.CC1CN(c2ccncc2C(C)(C)C)CC(N)C1O.C[C@@H]1CN(c2ccncc2C(C)(C)C)C[C@H](N)[C@H]1O.C[C@H]1CN(c2ccncc2C(C)(C)C)C[C@@H](N)[C@@H]1O. The predicted octanol–water partition coefficient (Wildman–Crippen LogP) is 12.7. The molecule has 6 aliphatic rings. The Morgan fingerprint density at radius 3 is 0.678 bits per heavy atom. The van der Waals surface area contributed by atoms with Crippen molar-refractivity contribution in [3.8, 4) is 0 Å². The van der Waals surface area contributed by atoms with E-state index >= 15 is 0 Å². The maximum Gasteiger partial charge on any atom is 0.393 e. The number of halogens is 6. The molecule has 0 aliphatic carbocycles. The van der Waals surface area contributed by atoms with Crippen LogP contribution in [0.2, 0.25) is 0 Å². The highest BCUT2D eigenvalue weighted by atomic mass is 19.4. The van der Waals surface area contributed by atoms with Crippen LogP contribution >= 0.6 is 0 Å². The summed E-state index contributed by atoms with van der Waals surface area (Å²) in [5.74, 6) is -2.19. The van der Waals surface area contributed by atoms with Gasteiger partial charge in [-0.3, -0.25) is 29.9 Å². The zero-order chi connectivity index (χ0) is 86.1. The fraction of sp³-hybridized carbons (Fsp3) is 0.659. The molecule has 21 nitrogen and oxygen atoms in total. The number of rotatable bonds is 6. The number of hydrogen-bond donors (Lipinski definition) is 9. The zero-order valence-electron chi connectivity index (χ0n) is 72.5. The van der Waals surface area contributed by atoms with Crippen LogP contribution < -0.4 is 63.8 Å². The molecule has 0 aromatic carbocycles. The summed E-state index contributed by atoms with van der Waals surface area (Å²) in [5.41, 5.74) is 49.1. The Morgan fingerprint density at radius 1 is 0.296 bits per heavy atom. The Hall–Kier alpha value is -7.08. The van der Waals surface area contributed by atoms with Gasteiger partial charge in [0.15, 0.2) is 0 Å². The highest BCUT2D eigenvalue weighted by molar-refractivity contribution is 5.61. The van der Waals surface area contributed by atoms with Crippen LogP contribution in [-0.4, -0.2) is 191 Å². The molecule has 0 amide bonds. The fourth-order valence-corrected chi connectivity index (χ4v) is 16.1. The van der Waals surface area contributed by atoms with Crippen molar-refractivity contribution in [2.24, 2.45) is 64.0 Å². The fourth-order valence-electron chi connectivity index (χ4n) is 16.1. The van der Waals surface area contributed by atoms with Gasteiger partial charge >= 0.3 is 12.4 Å². The van der Waals surface area contributed by atoms with Gasteiger partial charge in [0.25, 0.3) is 0 Å². The third-order valence-corrected chi connectivity index (χ3v) is 22.7. The number of nitrogens with two attached hydrogens (primary N) is 6. The molecular weight excluding hydrogens is 1470 g/mol. The molecule has 15 N–H and O–H groups in total. The largest absolute Gasteiger partial charge is 0.393 e. The van der Waals surface area contributed by atoms with Crippen LogP contribution in [0.1, 0.15) is 198 Å². The van der Waals surface area contributed by atoms with Crippen LogP contribution in [0.3, 0.4) is 0 Å². The number of aliphatic hydroxyl groups is 3. The third kappa shape index (κ3) is 26.2. The van der Waals surface area contributed by atoms with Gasteiger partial charge in [-0.2, -0.15) is 26.3 Å². The van der Waals surface area contributed by atoms with Crippen molar-refractivity contribution in [2.75, 3.05) is 108 Å².